The van der Waals surface area contributed by atoms with Crippen molar-refractivity contribution in [3.8, 4) is 0 Å². The van der Waals surface area contributed by atoms with Gasteiger partial charge < -0.3 is 15.2 Å². The molecule has 0 aliphatic heterocycles. The van der Waals surface area contributed by atoms with Crippen LogP contribution < -0.4 is 5.32 Å². The molecular weight excluding hydrogens is 370 g/mol. The Morgan fingerprint density at radius 1 is 1.24 bits per heavy atom. The quantitative estimate of drug-likeness (QED) is 0.608. The largest absolute Gasteiger partial charge is 0.481 e. The number of allylic oxidation sites excluding steroid dienone is 2. The molecule has 0 fully saturated rings. The lowest BCUT2D eigenvalue weighted by Crippen LogP contribution is -2.49. The third-order valence-corrected chi connectivity index (χ3v) is 4.98. The number of amides is 1. The molecule has 6 heteroatoms. The smallest absolute Gasteiger partial charge is 0.408 e. The molecule has 2 N–H and O–H groups in total. The molecule has 29 heavy (non-hydrogen) atoms. The van der Waals surface area contributed by atoms with Gasteiger partial charge in [0.2, 0.25) is 0 Å². The summed E-state index contributed by atoms with van der Waals surface area (Å²) in [6, 6.07) is 9.32. The Bertz CT molecular complexity index is 784. The van der Waals surface area contributed by atoms with Gasteiger partial charge in [0.1, 0.15) is 12.4 Å². The molecule has 1 aliphatic rings. The summed E-state index contributed by atoms with van der Waals surface area (Å²) in [6.07, 6.45) is 6.57. The van der Waals surface area contributed by atoms with E-state index in [2.05, 4.69) is 5.32 Å². The van der Waals surface area contributed by atoms with Gasteiger partial charge in [-0.05, 0) is 31.7 Å². The minimum atomic E-state index is -1.03. The standard InChI is InChI=1S/C23H29NO5/c1-3-7-20(25)14-19(21(26)27)15-23(12-10-17(2)11-13-23)24-22(28)29-16-18-8-5-4-6-9-18/h4-6,8-12,19H,3,7,13-16H2,1-2H3,(H,24,28)(H,26,27). The maximum absolute atomic E-state index is 12.4. The van der Waals surface area contributed by atoms with Gasteiger partial charge in [-0.3, -0.25) is 9.59 Å². The van der Waals surface area contributed by atoms with Crippen LogP contribution in [0.4, 0.5) is 4.79 Å². The highest BCUT2D eigenvalue weighted by atomic mass is 16.5. The molecule has 0 saturated heterocycles. The van der Waals surface area contributed by atoms with Crippen LogP contribution in [-0.2, 0) is 20.9 Å². The first kappa shape index (κ1) is 22.4. The second kappa shape index (κ2) is 10.6. The van der Waals surface area contributed by atoms with Crippen LogP contribution in [0, 0.1) is 5.92 Å². The molecule has 2 atom stereocenters. The van der Waals surface area contributed by atoms with E-state index in [0.29, 0.717) is 19.3 Å². The van der Waals surface area contributed by atoms with E-state index >= 15 is 0 Å². The van der Waals surface area contributed by atoms with Gasteiger partial charge in [-0.1, -0.05) is 61.1 Å². The maximum atomic E-state index is 12.4. The number of alkyl carbamates (subject to hydrolysis) is 1. The van der Waals surface area contributed by atoms with Crippen LogP contribution in [0.15, 0.2) is 54.1 Å². The summed E-state index contributed by atoms with van der Waals surface area (Å²) in [6.45, 7) is 3.95. The molecule has 0 spiro atoms. The van der Waals surface area contributed by atoms with Crippen LogP contribution in [-0.4, -0.2) is 28.5 Å². The zero-order valence-electron chi connectivity index (χ0n) is 17.0. The number of nitrogens with one attached hydrogen (secondary N) is 1. The average Bonchev–Trinajstić information content (AvgIpc) is 2.69. The Hall–Kier alpha value is -2.89. The van der Waals surface area contributed by atoms with Crippen molar-refractivity contribution in [1.29, 1.82) is 0 Å². The number of carbonyl (C=O) groups is 3. The van der Waals surface area contributed by atoms with Gasteiger partial charge in [0.25, 0.3) is 0 Å². The number of hydrogen-bond donors (Lipinski definition) is 2. The molecule has 0 saturated carbocycles. The van der Waals surface area contributed by atoms with E-state index in [-0.39, 0.29) is 25.2 Å². The molecule has 1 amide bonds. The van der Waals surface area contributed by atoms with Gasteiger partial charge in [0.15, 0.2) is 0 Å². The van der Waals surface area contributed by atoms with Crippen LogP contribution >= 0.6 is 0 Å². The van der Waals surface area contributed by atoms with Gasteiger partial charge in [-0.2, -0.15) is 0 Å². The number of hydrogen-bond acceptors (Lipinski definition) is 4. The zero-order valence-corrected chi connectivity index (χ0v) is 17.0. The van der Waals surface area contributed by atoms with Gasteiger partial charge >= 0.3 is 12.1 Å². The van der Waals surface area contributed by atoms with Crippen LogP contribution in [0.1, 0.15) is 51.5 Å². The van der Waals surface area contributed by atoms with Gasteiger partial charge in [0.05, 0.1) is 11.5 Å². The first-order valence-electron chi connectivity index (χ1n) is 9.93. The first-order valence-corrected chi connectivity index (χ1v) is 9.93. The summed E-state index contributed by atoms with van der Waals surface area (Å²) >= 11 is 0. The van der Waals surface area contributed by atoms with E-state index in [0.717, 1.165) is 11.1 Å². The second-order valence-corrected chi connectivity index (χ2v) is 7.56. The van der Waals surface area contributed by atoms with E-state index in [1.807, 2.05) is 62.4 Å². The summed E-state index contributed by atoms with van der Waals surface area (Å²) in [5.41, 5.74) is 0.997. The highest BCUT2D eigenvalue weighted by Crippen LogP contribution is 2.30. The Kier molecular flexibility index (Phi) is 8.19. The van der Waals surface area contributed by atoms with Crippen molar-refractivity contribution in [2.75, 3.05) is 0 Å². The number of carboxylic acid groups (broad SMARTS) is 1. The molecule has 0 heterocycles. The summed E-state index contributed by atoms with van der Waals surface area (Å²) < 4.78 is 5.33. The van der Waals surface area contributed by atoms with Crippen LogP contribution in [0.3, 0.4) is 0 Å². The number of aliphatic carboxylic acids is 1. The summed E-state index contributed by atoms with van der Waals surface area (Å²) in [7, 11) is 0. The topological polar surface area (TPSA) is 92.7 Å². The van der Waals surface area contributed by atoms with Gasteiger partial charge in [-0.25, -0.2) is 4.79 Å². The molecule has 1 aromatic rings. The summed E-state index contributed by atoms with van der Waals surface area (Å²) in [4.78, 5) is 36.3. The predicted molar refractivity (Wildman–Crippen MR) is 110 cm³/mol. The third-order valence-electron chi connectivity index (χ3n) is 4.98. The number of carboxylic acids is 1. The number of Topliss-reactive ketones (excluding diaryl/α,β-unsaturated/α-hetero) is 1. The number of ketones is 1. The van der Waals surface area contributed by atoms with E-state index in [1.165, 1.54) is 0 Å². The number of carbonyl (C=O) groups excluding carboxylic acids is 2. The van der Waals surface area contributed by atoms with Crippen molar-refractivity contribution in [1.82, 2.24) is 5.32 Å². The molecule has 156 valence electrons. The molecule has 1 aliphatic carbocycles. The molecule has 1 aromatic carbocycles. The SMILES string of the molecule is CCCC(=O)CC(CC1(NC(=O)OCc2ccccc2)C=CC(C)=CC1)C(=O)O. The molecule has 0 aromatic heterocycles. The average molecular weight is 399 g/mol. The van der Waals surface area contributed by atoms with Crippen molar-refractivity contribution in [3.05, 3.63) is 59.7 Å². The van der Waals surface area contributed by atoms with Crippen LogP contribution in [0.5, 0.6) is 0 Å². The first-order chi connectivity index (χ1) is 13.8. The lowest BCUT2D eigenvalue weighted by Gasteiger charge is -2.35. The predicted octanol–water partition coefficient (Wildman–Crippen LogP) is 4.41. The Balaban J connectivity index is 2.08. The van der Waals surface area contributed by atoms with Crippen molar-refractivity contribution >= 4 is 17.8 Å². The monoisotopic (exact) mass is 399 g/mol. The molecule has 2 rings (SSSR count). The number of benzene rings is 1. The van der Waals surface area contributed by atoms with Crippen LogP contribution in [0.25, 0.3) is 0 Å². The number of ether oxygens (including phenoxy) is 1. The second-order valence-electron chi connectivity index (χ2n) is 7.56. The lowest BCUT2D eigenvalue weighted by atomic mass is 9.79. The Labute approximate surface area is 171 Å². The van der Waals surface area contributed by atoms with E-state index in [9.17, 15) is 19.5 Å². The normalized spacial score (nSPS) is 19.2. The zero-order chi connectivity index (χ0) is 21.3. The summed E-state index contributed by atoms with van der Waals surface area (Å²) in [5.74, 6) is -1.99. The fraction of sp³-hybridized carbons (Fsp3) is 0.435. The third kappa shape index (κ3) is 7.22. The Morgan fingerprint density at radius 3 is 2.55 bits per heavy atom. The highest BCUT2D eigenvalue weighted by Gasteiger charge is 2.36. The molecule has 6 nitrogen and oxygen atoms in total. The van der Waals surface area contributed by atoms with Gasteiger partial charge in [-0.15, -0.1) is 0 Å². The highest BCUT2D eigenvalue weighted by molar-refractivity contribution is 5.84. The molecular formula is C23H29NO5. The van der Waals surface area contributed by atoms with Crippen molar-refractivity contribution in [3.63, 3.8) is 0 Å². The molecule has 0 radical (unpaired) electrons. The van der Waals surface area contributed by atoms with Crippen LogP contribution in [0.2, 0.25) is 0 Å². The van der Waals surface area contributed by atoms with E-state index < -0.39 is 23.5 Å². The Morgan fingerprint density at radius 2 is 1.97 bits per heavy atom. The van der Waals surface area contributed by atoms with Crippen molar-refractivity contribution < 1.29 is 24.2 Å². The van der Waals surface area contributed by atoms with E-state index in [1.54, 1.807) is 0 Å². The maximum Gasteiger partial charge on any atom is 0.408 e. The van der Waals surface area contributed by atoms with Crippen molar-refractivity contribution in [2.45, 2.75) is 58.1 Å². The molecule has 0 bridgehead atoms. The fourth-order valence-corrected chi connectivity index (χ4v) is 3.37. The van der Waals surface area contributed by atoms with Gasteiger partial charge in [0, 0.05) is 12.8 Å². The lowest BCUT2D eigenvalue weighted by molar-refractivity contribution is -0.144. The minimum absolute atomic E-state index is 0.0395. The summed E-state index contributed by atoms with van der Waals surface area (Å²) in [5, 5.41) is 12.5. The minimum Gasteiger partial charge on any atom is -0.481 e. The molecule has 2 unspecified atom stereocenters. The van der Waals surface area contributed by atoms with E-state index in [4.69, 9.17) is 4.74 Å². The fourth-order valence-electron chi connectivity index (χ4n) is 3.37. The van der Waals surface area contributed by atoms with Crippen molar-refractivity contribution in [2.24, 2.45) is 5.92 Å². The number of rotatable bonds is 10.